The number of aryl methyl sites for hydroxylation is 1. The largest absolute Gasteiger partial charge is 0.478 e. The molecule has 0 bridgehead atoms. The van der Waals surface area contributed by atoms with Crippen molar-refractivity contribution in [3.63, 3.8) is 0 Å². The third-order valence-electron chi connectivity index (χ3n) is 2.70. The van der Waals surface area contributed by atoms with Crippen molar-refractivity contribution in [1.82, 2.24) is 9.78 Å². The molecule has 1 N–H and O–H groups in total. The molecule has 0 unspecified atom stereocenters. The van der Waals surface area contributed by atoms with Gasteiger partial charge in [0.05, 0.1) is 12.2 Å². The molecule has 0 atom stereocenters. The highest BCUT2D eigenvalue weighted by molar-refractivity contribution is 5.85. The van der Waals surface area contributed by atoms with E-state index in [-0.39, 0.29) is 5.56 Å². The van der Waals surface area contributed by atoms with Gasteiger partial charge in [-0.25, -0.2) is 9.48 Å². The van der Waals surface area contributed by atoms with E-state index in [1.807, 2.05) is 25.1 Å². The van der Waals surface area contributed by atoms with Crippen LogP contribution < -0.4 is 5.56 Å². The molecule has 0 aliphatic heterocycles. The van der Waals surface area contributed by atoms with Gasteiger partial charge in [0.25, 0.3) is 5.56 Å². The van der Waals surface area contributed by atoms with Gasteiger partial charge in [-0.1, -0.05) is 18.2 Å². The Hall–Kier alpha value is -2.69. The maximum absolute atomic E-state index is 11.7. The summed E-state index contributed by atoms with van der Waals surface area (Å²) in [6.07, 6.45) is 2.59. The average Bonchev–Trinajstić information content (AvgIpc) is 2.41. The van der Waals surface area contributed by atoms with Crippen LogP contribution in [0.15, 0.2) is 47.3 Å². The van der Waals surface area contributed by atoms with E-state index in [9.17, 15) is 9.59 Å². The number of carboxylic acids is 1. The third-order valence-corrected chi connectivity index (χ3v) is 2.70. The molecular formula is C15H14N2O3. The molecule has 0 amide bonds. The summed E-state index contributed by atoms with van der Waals surface area (Å²) >= 11 is 0. The molecule has 2 aromatic rings. The molecule has 0 saturated heterocycles. The predicted molar refractivity (Wildman–Crippen MR) is 75.4 cm³/mol. The third kappa shape index (κ3) is 3.65. The van der Waals surface area contributed by atoms with E-state index in [1.54, 1.807) is 12.1 Å². The first-order chi connectivity index (χ1) is 9.54. The second-order valence-electron chi connectivity index (χ2n) is 4.39. The minimum atomic E-state index is -0.994. The molecule has 2 rings (SSSR count). The highest BCUT2D eigenvalue weighted by Crippen LogP contribution is 2.08. The van der Waals surface area contributed by atoms with E-state index in [0.717, 1.165) is 22.9 Å². The molecule has 0 fully saturated rings. The summed E-state index contributed by atoms with van der Waals surface area (Å²) in [5.74, 6) is -0.994. The van der Waals surface area contributed by atoms with Gasteiger partial charge in [0.2, 0.25) is 0 Å². The smallest absolute Gasteiger partial charge is 0.328 e. The Morgan fingerprint density at radius 3 is 2.90 bits per heavy atom. The quantitative estimate of drug-likeness (QED) is 0.858. The fourth-order valence-electron chi connectivity index (χ4n) is 1.80. The second-order valence-corrected chi connectivity index (χ2v) is 4.39. The van der Waals surface area contributed by atoms with E-state index in [1.165, 1.54) is 16.8 Å². The summed E-state index contributed by atoms with van der Waals surface area (Å²) < 4.78 is 1.38. The number of aromatic nitrogens is 2. The van der Waals surface area contributed by atoms with Gasteiger partial charge in [0.15, 0.2) is 0 Å². The molecule has 5 heteroatoms. The predicted octanol–water partition coefficient (Wildman–Crippen LogP) is 1.70. The van der Waals surface area contributed by atoms with Crippen LogP contribution in [-0.2, 0) is 11.3 Å². The fraction of sp³-hybridized carbons (Fsp3) is 0.133. The van der Waals surface area contributed by atoms with Gasteiger partial charge in [-0.2, -0.15) is 5.10 Å². The van der Waals surface area contributed by atoms with E-state index in [4.69, 9.17) is 5.11 Å². The first-order valence-corrected chi connectivity index (χ1v) is 6.09. The van der Waals surface area contributed by atoms with Crippen molar-refractivity contribution in [2.45, 2.75) is 13.5 Å². The zero-order valence-electron chi connectivity index (χ0n) is 11.0. The summed E-state index contributed by atoms with van der Waals surface area (Å²) in [5.41, 5.74) is 2.26. The Kier molecular flexibility index (Phi) is 4.10. The van der Waals surface area contributed by atoms with Gasteiger partial charge in [0, 0.05) is 12.1 Å². The maximum atomic E-state index is 11.7. The molecule has 5 nitrogen and oxygen atoms in total. The number of rotatable bonds is 4. The number of carboxylic acid groups (broad SMARTS) is 1. The molecular weight excluding hydrogens is 256 g/mol. The number of aliphatic carboxylic acids is 1. The van der Waals surface area contributed by atoms with E-state index in [2.05, 4.69) is 5.10 Å². The average molecular weight is 270 g/mol. The monoisotopic (exact) mass is 270 g/mol. The first kappa shape index (κ1) is 13.7. The Morgan fingerprint density at radius 2 is 2.15 bits per heavy atom. The molecule has 0 radical (unpaired) electrons. The summed E-state index contributed by atoms with van der Waals surface area (Å²) in [6, 6.07) is 10.5. The van der Waals surface area contributed by atoms with Crippen molar-refractivity contribution in [2.75, 3.05) is 0 Å². The summed E-state index contributed by atoms with van der Waals surface area (Å²) in [5, 5.41) is 12.8. The van der Waals surface area contributed by atoms with Crippen LogP contribution >= 0.6 is 0 Å². The van der Waals surface area contributed by atoms with Gasteiger partial charge < -0.3 is 5.11 Å². The molecule has 0 aliphatic rings. The number of benzene rings is 1. The fourth-order valence-corrected chi connectivity index (χ4v) is 1.80. The van der Waals surface area contributed by atoms with Gasteiger partial charge in [-0.05, 0) is 36.3 Å². The molecule has 1 aromatic carbocycles. The SMILES string of the molecule is Cc1ccc(=O)n(Cc2cccc(C=CC(=O)O)c2)n1. The van der Waals surface area contributed by atoms with E-state index >= 15 is 0 Å². The maximum Gasteiger partial charge on any atom is 0.328 e. The zero-order chi connectivity index (χ0) is 14.5. The normalized spacial score (nSPS) is 10.8. The number of nitrogens with zero attached hydrogens (tertiary/aromatic N) is 2. The molecule has 0 saturated carbocycles. The summed E-state index contributed by atoms with van der Waals surface area (Å²) in [6.45, 7) is 2.18. The van der Waals surface area contributed by atoms with Crippen molar-refractivity contribution in [1.29, 1.82) is 0 Å². The molecule has 1 heterocycles. The number of hydrogen-bond donors (Lipinski definition) is 1. The minimum absolute atomic E-state index is 0.165. The van der Waals surface area contributed by atoms with Crippen LogP contribution in [-0.4, -0.2) is 20.9 Å². The van der Waals surface area contributed by atoms with E-state index in [0.29, 0.717) is 6.54 Å². The lowest BCUT2D eigenvalue weighted by Gasteiger charge is -2.06. The molecule has 102 valence electrons. The van der Waals surface area contributed by atoms with Gasteiger partial charge in [-0.15, -0.1) is 0 Å². The zero-order valence-corrected chi connectivity index (χ0v) is 11.0. The lowest BCUT2D eigenvalue weighted by molar-refractivity contribution is -0.131. The van der Waals surface area contributed by atoms with Crippen LogP contribution in [0.4, 0.5) is 0 Å². The van der Waals surface area contributed by atoms with Crippen LogP contribution in [0, 0.1) is 6.92 Å². The van der Waals surface area contributed by atoms with Crippen molar-refractivity contribution in [2.24, 2.45) is 0 Å². The van der Waals surface area contributed by atoms with Gasteiger partial charge in [0.1, 0.15) is 0 Å². The van der Waals surface area contributed by atoms with Gasteiger partial charge >= 0.3 is 5.97 Å². The van der Waals surface area contributed by atoms with Crippen LogP contribution in [0.25, 0.3) is 6.08 Å². The Balaban J connectivity index is 2.26. The van der Waals surface area contributed by atoms with Crippen LogP contribution in [0.5, 0.6) is 0 Å². The summed E-state index contributed by atoms with van der Waals surface area (Å²) in [7, 11) is 0. The lowest BCUT2D eigenvalue weighted by atomic mass is 10.1. The Bertz CT molecular complexity index is 717. The minimum Gasteiger partial charge on any atom is -0.478 e. The van der Waals surface area contributed by atoms with Crippen LogP contribution in [0.3, 0.4) is 0 Å². The van der Waals surface area contributed by atoms with Crippen LogP contribution in [0.2, 0.25) is 0 Å². The van der Waals surface area contributed by atoms with Crippen molar-refractivity contribution in [3.05, 3.63) is 69.6 Å². The number of hydrogen-bond acceptors (Lipinski definition) is 3. The van der Waals surface area contributed by atoms with Crippen molar-refractivity contribution >= 4 is 12.0 Å². The second kappa shape index (κ2) is 5.97. The van der Waals surface area contributed by atoms with E-state index < -0.39 is 5.97 Å². The lowest BCUT2D eigenvalue weighted by Crippen LogP contribution is -2.22. The van der Waals surface area contributed by atoms with Gasteiger partial charge in [-0.3, -0.25) is 4.79 Å². The van der Waals surface area contributed by atoms with Crippen molar-refractivity contribution < 1.29 is 9.90 Å². The highest BCUT2D eigenvalue weighted by Gasteiger charge is 2.00. The molecule has 1 aromatic heterocycles. The standard InChI is InChI=1S/C15H14N2O3/c1-11-5-7-14(18)17(16-11)10-13-4-2-3-12(9-13)6-8-15(19)20/h2-9H,10H2,1H3,(H,19,20). The Labute approximate surface area is 115 Å². The molecule has 0 spiro atoms. The molecule has 20 heavy (non-hydrogen) atoms. The number of carbonyl (C=O) groups is 1. The summed E-state index contributed by atoms with van der Waals surface area (Å²) in [4.78, 5) is 22.2. The first-order valence-electron chi connectivity index (χ1n) is 6.09. The van der Waals surface area contributed by atoms with Crippen LogP contribution in [0.1, 0.15) is 16.8 Å². The molecule has 0 aliphatic carbocycles. The topological polar surface area (TPSA) is 72.2 Å². The Morgan fingerprint density at radius 1 is 1.35 bits per heavy atom. The van der Waals surface area contributed by atoms with Crippen molar-refractivity contribution in [3.8, 4) is 0 Å². The highest BCUT2D eigenvalue weighted by atomic mass is 16.4.